The van der Waals surface area contributed by atoms with Crippen LogP contribution in [0.5, 0.6) is 5.75 Å². The summed E-state index contributed by atoms with van der Waals surface area (Å²) in [5.41, 5.74) is 2.31. The fourth-order valence-electron chi connectivity index (χ4n) is 3.04. The van der Waals surface area contributed by atoms with E-state index in [4.69, 9.17) is 21.1 Å². The normalized spacial score (nSPS) is 21.4. The van der Waals surface area contributed by atoms with Crippen LogP contribution in [0.1, 0.15) is 24.0 Å². The van der Waals surface area contributed by atoms with Crippen LogP contribution in [-0.4, -0.2) is 31.4 Å². The molecule has 0 bridgehead atoms. The zero-order chi connectivity index (χ0) is 12.6. The van der Waals surface area contributed by atoms with Crippen molar-refractivity contribution in [3.63, 3.8) is 0 Å². The summed E-state index contributed by atoms with van der Waals surface area (Å²) in [6.07, 6.45) is 2.65. The molecule has 18 heavy (non-hydrogen) atoms. The fraction of sp³-hybridized carbons (Fsp3) is 0.571. The van der Waals surface area contributed by atoms with E-state index >= 15 is 0 Å². The number of quaternary nitrogens is 1. The molecule has 2 aliphatic rings. The van der Waals surface area contributed by atoms with Gasteiger partial charge in [0.2, 0.25) is 0 Å². The van der Waals surface area contributed by atoms with Crippen LogP contribution >= 0.6 is 11.6 Å². The Morgan fingerprint density at radius 3 is 2.83 bits per heavy atom. The number of halogens is 1. The Labute approximate surface area is 113 Å². The molecule has 0 unspecified atom stereocenters. The van der Waals surface area contributed by atoms with Crippen molar-refractivity contribution < 1.29 is 14.0 Å². The molecule has 0 N–H and O–H groups in total. The third-order valence-electron chi connectivity index (χ3n) is 3.95. The predicted molar refractivity (Wildman–Crippen MR) is 70.6 cm³/mol. The first kappa shape index (κ1) is 12.3. The molecule has 2 aliphatic heterocycles. The third-order valence-corrected chi connectivity index (χ3v) is 4.17. The maximum Gasteiger partial charge on any atom is 0.189 e. The first-order chi connectivity index (χ1) is 8.66. The molecule has 1 aromatic carbocycles. The minimum absolute atomic E-state index is 0.353. The van der Waals surface area contributed by atoms with E-state index < -0.39 is 0 Å². The van der Waals surface area contributed by atoms with Crippen LogP contribution in [-0.2, 0) is 17.9 Å². The zero-order valence-corrected chi connectivity index (χ0v) is 11.5. The highest BCUT2D eigenvalue weighted by Crippen LogP contribution is 2.34. The summed E-state index contributed by atoms with van der Waals surface area (Å²) in [4.78, 5) is 0. The molecule has 0 amide bonds. The van der Waals surface area contributed by atoms with Crippen molar-refractivity contribution in [1.29, 1.82) is 0 Å². The van der Waals surface area contributed by atoms with E-state index in [2.05, 4.69) is 7.05 Å². The lowest BCUT2D eigenvalue weighted by atomic mass is 10.1. The van der Waals surface area contributed by atoms with Crippen LogP contribution in [0.25, 0.3) is 0 Å². The lowest BCUT2D eigenvalue weighted by Gasteiger charge is -2.31. The molecule has 3 rings (SSSR count). The van der Waals surface area contributed by atoms with Gasteiger partial charge in [0.25, 0.3) is 0 Å². The molecule has 1 saturated heterocycles. The number of hydrogen-bond donors (Lipinski definition) is 0. The second kappa shape index (κ2) is 4.72. The number of fused-ring (bicyclic) bond motifs is 1. The van der Waals surface area contributed by atoms with Crippen LogP contribution < -0.4 is 4.74 Å². The Morgan fingerprint density at radius 2 is 2.06 bits per heavy atom. The maximum atomic E-state index is 6.19. The fourth-order valence-corrected chi connectivity index (χ4v) is 3.31. The van der Waals surface area contributed by atoms with Gasteiger partial charge in [-0.05, 0) is 12.1 Å². The van der Waals surface area contributed by atoms with Crippen LogP contribution in [0.2, 0.25) is 5.02 Å². The topological polar surface area (TPSA) is 18.5 Å². The summed E-state index contributed by atoms with van der Waals surface area (Å²) >= 11 is 6.19. The molecule has 1 fully saturated rings. The lowest BCUT2D eigenvalue weighted by molar-refractivity contribution is -0.910. The van der Waals surface area contributed by atoms with Crippen LogP contribution in [0, 0.1) is 0 Å². The van der Waals surface area contributed by atoms with Crippen molar-refractivity contribution in [3.05, 3.63) is 28.3 Å². The van der Waals surface area contributed by atoms with Crippen molar-refractivity contribution in [2.24, 2.45) is 0 Å². The van der Waals surface area contributed by atoms with Gasteiger partial charge in [-0.1, -0.05) is 11.6 Å². The van der Waals surface area contributed by atoms with E-state index in [0.29, 0.717) is 13.4 Å². The van der Waals surface area contributed by atoms with Gasteiger partial charge in [0.1, 0.15) is 12.3 Å². The van der Waals surface area contributed by atoms with Gasteiger partial charge in [-0.3, -0.25) is 0 Å². The summed E-state index contributed by atoms with van der Waals surface area (Å²) in [7, 11) is 2.32. The van der Waals surface area contributed by atoms with E-state index in [-0.39, 0.29) is 0 Å². The minimum Gasteiger partial charge on any atom is -0.467 e. The molecule has 98 valence electrons. The predicted octanol–water partition coefficient (Wildman–Crippen LogP) is 2.95. The SMILES string of the molecule is C[N+]1(Cc2cc(Cl)cc3c2OCOC3)CCCC1. The highest BCUT2D eigenvalue weighted by atomic mass is 35.5. The van der Waals surface area contributed by atoms with Gasteiger partial charge in [-0.25, -0.2) is 0 Å². The Kier molecular flexibility index (Phi) is 3.22. The van der Waals surface area contributed by atoms with Gasteiger partial charge in [0.15, 0.2) is 6.79 Å². The van der Waals surface area contributed by atoms with Gasteiger partial charge in [0.05, 0.1) is 32.3 Å². The second-order valence-corrected chi connectivity index (χ2v) is 6.03. The van der Waals surface area contributed by atoms with Crippen molar-refractivity contribution in [3.8, 4) is 5.75 Å². The van der Waals surface area contributed by atoms with Crippen molar-refractivity contribution in [2.75, 3.05) is 26.9 Å². The highest BCUT2D eigenvalue weighted by molar-refractivity contribution is 6.30. The van der Waals surface area contributed by atoms with Gasteiger partial charge in [-0.2, -0.15) is 0 Å². The van der Waals surface area contributed by atoms with Crippen LogP contribution in [0.4, 0.5) is 0 Å². The van der Waals surface area contributed by atoms with E-state index in [9.17, 15) is 0 Å². The van der Waals surface area contributed by atoms with E-state index in [1.807, 2.05) is 12.1 Å². The number of rotatable bonds is 2. The molecular formula is C14H19ClNO2+. The zero-order valence-electron chi connectivity index (χ0n) is 10.7. The van der Waals surface area contributed by atoms with E-state index in [0.717, 1.165) is 27.4 Å². The number of likely N-dealkylation sites (tertiary alicyclic amines) is 1. The Hall–Kier alpha value is -0.770. The molecule has 1 aromatic rings. The highest BCUT2D eigenvalue weighted by Gasteiger charge is 2.29. The monoisotopic (exact) mass is 268 g/mol. The molecule has 0 aliphatic carbocycles. The molecule has 0 atom stereocenters. The van der Waals surface area contributed by atoms with Gasteiger partial charge >= 0.3 is 0 Å². The van der Waals surface area contributed by atoms with Crippen molar-refractivity contribution >= 4 is 11.6 Å². The van der Waals surface area contributed by atoms with Crippen LogP contribution in [0.15, 0.2) is 12.1 Å². The number of nitrogens with zero attached hydrogens (tertiary/aromatic N) is 1. The Balaban J connectivity index is 1.93. The Morgan fingerprint density at radius 1 is 1.28 bits per heavy atom. The average molecular weight is 269 g/mol. The summed E-state index contributed by atoms with van der Waals surface area (Å²) in [5.74, 6) is 0.997. The molecule has 4 heteroatoms. The lowest BCUT2D eigenvalue weighted by Crippen LogP contribution is -2.40. The molecule has 3 nitrogen and oxygen atoms in total. The number of hydrogen-bond acceptors (Lipinski definition) is 2. The van der Waals surface area contributed by atoms with Crippen molar-refractivity contribution in [1.82, 2.24) is 0 Å². The first-order valence-electron chi connectivity index (χ1n) is 6.52. The summed E-state index contributed by atoms with van der Waals surface area (Å²) in [6.45, 7) is 4.45. The van der Waals surface area contributed by atoms with Gasteiger partial charge in [0, 0.05) is 23.4 Å². The molecular weight excluding hydrogens is 250 g/mol. The van der Waals surface area contributed by atoms with E-state index in [1.165, 1.54) is 31.5 Å². The largest absolute Gasteiger partial charge is 0.467 e. The molecule has 2 heterocycles. The Bertz CT molecular complexity index is 455. The number of benzene rings is 1. The van der Waals surface area contributed by atoms with Crippen LogP contribution in [0.3, 0.4) is 0 Å². The molecule has 0 saturated carbocycles. The minimum atomic E-state index is 0.353. The summed E-state index contributed by atoms with van der Waals surface area (Å²) in [6, 6.07) is 4.00. The first-order valence-corrected chi connectivity index (χ1v) is 6.89. The van der Waals surface area contributed by atoms with Gasteiger partial charge in [-0.15, -0.1) is 0 Å². The molecule has 0 radical (unpaired) electrons. The number of ether oxygens (including phenoxy) is 2. The molecule has 0 aromatic heterocycles. The smallest absolute Gasteiger partial charge is 0.189 e. The second-order valence-electron chi connectivity index (χ2n) is 5.60. The van der Waals surface area contributed by atoms with Crippen molar-refractivity contribution in [2.45, 2.75) is 26.0 Å². The third kappa shape index (κ3) is 2.35. The summed E-state index contributed by atoms with van der Waals surface area (Å²) in [5, 5.41) is 0.781. The van der Waals surface area contributed by atoms with Gasteiger partial charge < -0.3 is 14.0 Å². The summed E-state index contributed by atoms with van der Waals surface area (Å²) < 4.78 is 12.1. The standard InChI is InChI=1S/C14H19ClNO2/c1-16(4-2-3-5-16)8-11-6-13(15)7-12-9-17-10-18-14(11)12/h6-7H,2-5,8-10H2,1H3/q+1. The quantitative estimate of drug-likeness (QED) is 0.768. The molecule has 0 spiro atoms. The maximum absolute atomic E-state index is 6.19. The average Bonchev–Trinajstić information content (AvgIpc) is 2.75. The van der Waals surface area contributed by atoms with E-state index in [1.54, 1.807) is 0 Å².